The van der Waals surface area contributed by atoms with E-state index >= 15 is 0 Å². The van der Waals surface area contributed by atoms with Crippen LogP contribution in [0.2, 0.25) is 0 Å². The highest BCUT2D eigenvalue weighted by atomic mass is 16.2. The molecule has 1 atom stereocenters. The minimum Gasteiger partial charge on any atom is -0.368 e. The number of carbonyl (C=O) groups is 2. The van der Waals surface area contributed by atoms with Crippen LogP contribution in [0.3, 0.4) is 0 Å². The summed E-state index contributed by atoms with van der Waals surface area (Å²) in [6, 6.07) is 9.05. The number of hydrogen-bond donors (Lipinski definition) is 1. The Hall–Kier alpha value is -2.67. The molecule has 7 nitrogen and oxygen atoms in total. The summed E-state index contributed by atoms with van der Waals surface area (Å²) in [5.74, 6) is -0.405. The van der Waals surface area contributed by atoms with E-state index in [1.807, 2.05) is 35.2 Å². The van der Waals surface area contributed by atoms with Gasteiger partial charge in [0.15, 0.2) is 0 Å². The predicted molar refractivity (Wildman–Crippen MR) is 89.1 cm³/mol. The van der Waals surface area contributed by atoms with Crippen LogP contribution in [0.5, 0.6) is 0 Å². The van der Waals surface area contributed by atoms with Crippen LogP contribution < -0.4 is 5.73 Å². The molecule has 7 heteroatoms. The number of nitrogens with zero attached hydrogens (tertiary/aromatic N) is 4. The molecule has 0 bridgehead atoms. The fourth-order valence-corrected chi connectivity index (χ4v) is 3.10. The zero-order valence-electron chi connectivity index (χ0n) is 13.6. The van der Waals surface area contributed by atoms with Gasteiger partial charge in [-0.15, -0.1) is 0 Å². The van der Waals surface area contributed by atoms with Crippen LogP contribution in [0.25, 0.3) is 0 Å². The van der Waals surface area contributed by atoms with Gasteiger partial charge < -0.3 is 15.2 Å². The number of piperazine rings is 1. The van der Waals surface area contributed by atoms with Gasteiger partial charge in [-0.25, -0.2) is 4.98 Å². The Kier molecular flexibility index (Phi) is 4.61. The summed E-state index contributed by atoms with van der Waals surface area (Å²) in [4.78, 5) is 32.3. The molecule has 1 saturated heterocycles. The van der Waals surface area contributed by atoms with Gasteiger partial charge >= 0.3 is 0 Å². The van der Waals surface area contributed by atoms with Crippen LogP contribution in [0.1, 0.15) is 22.1 Å². The van der Waals surface area contributed by atoms with Crippen LogP contribution in [-0.4, -0.2) is 57.3 Å². The molecule has 126 valence electrons. The van der Waals surface area contributed by atoms with Gasteiger partial charge in [-0.2, -0.15) is 0 Å². The number of carbonyl (C=O) groups excluding carboxylic acids is 2. The lowest BCUT2D eigenvalue weighted by molar-refractivity contribution is -0.124. The van der Waals surface area contributed by atoms with Gasteiger partial charge in [-0.05, 0) is 5.56 Å². The molecule has 2 heterocycles. The lowest BCUT2D eigenvalue weighted by Crippen LogP contribution is -2.52. The van der Waals surface area contributed by atoms with Crippen molar-refractivity contribution in [2.45, 2.75) is 6.04 Å². The number of rotatable bonds is 4. The number of amides is 2. The summed E-state index contributed by atoms with van der Waals surface area (Å²) in [6.07, 6.45) is 3.19. The third-order valence-corrected chi connectivity index (χ3v) is 4.39. The van der Waals surface area contributed by atoms with E-state index in [1.165, 1.54) is 0 Å². The van der Waals surface area contributed by atoms with Crippen LogP contribution in [0, 0.1) is 0 Å². The van der Waals surface area contributed by atoms with E-state index in [0.717, 1.165) is 5.56 Å². The summed E-state index contributed by atoms with van der Waals surface area (Å²) in [7, 11) is 1.80. The summed E-state index contributed by atoms with van der Waals surface area (Å²) in [6.45, 7) is 2.32. The van der Waals surface area contributed by atoms with Gasteiger partial charge in [0, 0.05) is 33.2 Å². The van der Waals surface area contributed by atoms with E-state index in [9.17, 15) is 9.59 Å². The maximum atomic E-state index is 12.5. The van der Waals surface area contributed by atoms with Crippen molar-refractivity contribution in [2.75, 3.05) is 26.2 Å². The molecule has 1 unspecified atom stereocenters. The molecule has 1 aliphatic heterocycles. The van der Waals surface area contributed by atoms with E-state index in [0.29, 0.717) is 31.9 Å². The normalized spacial score (nSPS) is 16.8. The van der Waals surface area contributed by atoms with Crippen molar-refractivity contribution < 1.29 is 9.59 Å². The van der Waals surface area contributed by atoms with Crippen molar-refractivity contribution in [3.05, 3.63) is 54.1 Å². The van der Waals surface area contributed by atoms with Crippen molar-refractivity contribution >= 4 is 11.8 Å². The predicted octanol–water partition coefficient (Wildman–Crippen LogP) is 0.405. The van der Waals surface area contributed by atoms with Crippen molar-refractivity contribution in [3.63, 3.8) is 0 Å². The molecule has 24 heavy (non-hydrogen) atoms. The molecule has 0 aliphatic carbocycles. The Morgan fingerprint density at radius 2 is 1.79 bits per heavy atom. The van der Waals surface area contributed by atoms with E-state index in [1.54, 1.807) is 29.0 Å². The van der Waals surface area contributed by atoms with E-state index < -0.39 is 6.04 Å². The second kappa shape index (κ2) is 6.84. The second-order valence-electron chi connectivity index (χ2n) is 5.93. The Bertz CT molecular complexity index is 720. The minimum absolute atomic E-state index is 0.0370. The van der Waals surface area contributed by atoms with Crippen molar-refractivity contribution in [1.29, 1.82) is 0 Å². The van der Waals surface area contributed by atoms with Crippen LogP contribution >= 0.6 is 0 Å². The average molecular weight is 327 g/mol. The third kappa shape index (κ3) is 3.16. The topological polar surface area (TPSA) is 84.5 Å². The van der Waals surface area contributed by atoms with Crippen LogP contribution in [0.15, 0.2) is 42.9 Å². The van der Waals surface area contributed by atoms with Gasteiger partial charge in [-0.3, -0.25) is 14.5 Å². The largest absolute Gasteiger partial charge is 0.368 e. The molecule has 0 saturated carbocycles. The molecule has 0 spiro atoms. The van der Waals surface area contributed by atoms with Gasteiger partial charge in [-0.1, -0.05) is 30.3 Å². The zero-order chi connectivity index (χ0) is 17.1. The zero-order valence-corrected chi connectivity index (χ0v) is 13.6. The number of aromatic nitrogens is 2. The van der Waals surface area contributed by atoms with Gasteiger partial charge in [0.2, 0.25) is 5.91 Å². The summed E-state index contributed by atoms with van der Waals surface area (Å²) < 4.78 is 1.71. The van der Waals surface area contributed by atoms with Gasteiger partial charge in [0.1, 0.15) is 11.7 Å². The molecule has 0 radical (unpaired) electrons. The SMILES string of the molecule is Cn1cncc1C(=O)N1CCN(C(C(N)=O)c2ccccc2)CC1. The van der Waals surface area contributed by atoms with Crippen molar-refractivity contribution in [1.82, 2.24) is 19.4 Å². The molecule has 1 fully saturated rings. The average Bonchev–Trinajstić information content (AvgIpc) is 3.02. The highest BCUT2D eigenvalue weighted by Crippen LogP contribution is 2.22. The fraction of sp³-hybridized carbons (Fsp3) is 0.353. The number of hydrogen-bond acceptors (Lipinski definition) is 4. The van der Waals surface area contributed by atoms with E-state index in [-0.39, 0.29) is 11.8 Å². The number of nitrogens with two attached hydrogens (primary N) is 1. The third-order valence-electron chi connectivity index (χ3n) is 4.39. The first-order valence-electron chi connectivity index (χ1n) is 7.92. The molecule has 2 amide bonds. The Balaban J connectivity index is 1.69. The standard InChI is InChI=1S/C17H21N5O2/c1-20-12-19-11-14(20)17(24)22-9-7-21(8-10-22)15(16(18)23)13-5-3-2-4-6-13/h2-6,11-12,15H,7-10H2,1H3,(H2,18,23). The lowest BCUT2D eigenvalue weighted by atomic mass is 10.0. The monoisotopic (exact) mass is 327 g/mol. The van der Waals surface area contributed by atoms with Crippen LogP contribution in [0.4, 0.5) is 0 Å². The molecule has 1 aromatic heterocycles. The first-order valence-corrected chi connectivity index (χ1v) is 7.92. The molecule has 2 N–H and O–H groups in total. The van der Waals surface area contributed by atoms with Crippen LogP contribution in [-0.2, 0) is 11.8 Å². The molecule has 1 aromatic carbocycles. The number of imidazole rings is 1. The van der Waals surface area contributed by atoms with E-state index in [2.05, 4.69) is 4.98 Å². The summed E-state index contributed by atoms with van der Waals surface area (Å²) in [5, 5.41) is 0. The first kappa shape index (κ1) is 16.2. The number of aryl methyl sites for hydroxylation is 1. The van der Waals surface area contributed by atoms with E-state index in [4.69, 9.17) is 5.73 Å². The lowest BCUT2D eigenvalue weighted by Gasteiger charge is -2.38. The molecule has 2 aromatic rings. The number of primary amides is 1. The quantitative estimate of drug-likeness (QED) is 0.881. The maximum absolute atomic E-state index is 12.5. The molecule has 3 rings (SSSR count). The highest BCUT2D eigenvalue weighted by molar-refractivity contribution is 5.92. The maximum Gasteiger partial charge on any atom is 0.272 e. The van der Waals surface area contributed by atoms with Crippen molar-refractivity contribution in [2.24, 2.45) is 12.8 Å². The Morgan fingerprint density at radius 3 is 2.33 bits per heavy atom. The highest BCUT2D eigenvalue weighted by Gasteiger charge is 2.31. The first-order chi connectivity index (χ1) is 11.6. The second-order valence-corrected chi connectivity index (χ2v) is 5.93. The number of benzene rings is 1. The molecular weight excluding hydrogens is 306 g/mol. The van der Waals surface area contributed by atoms with Crippen molar-refractivity contribution in [3.8, 4) is 0 Å². The summed E-state index contributed by atoms with van der Waals surface area (Å²) in [5.41, 5.74) is 7.07. The molecular formula is C17H21N5O2. The summed E-state index contributed by atoms with van der Waals surface area (Å²) >= 11 is 0. The molecule has 1 aliphatic rings. The Labute approximate surface area is 140 Å². The smallest absolute Gasteiger partial charge is 0.272 e. The van der Waals surface area contributed by atoms with Gasteiger partial charge in [0.25, 0.3) is 5.91 Å². The Morgan fingerprint density at radius 1 is 1.12 bits per heavy atom. The minimum atomic E-state index is -0.458. The fourth-order valence-electron chi connectivity index (χ4n) is 3.10. The van der Waals surface area contributed by atoms with Gasteiger partial charge in [0.05, 0.1) is 12.5 Å².